The van der Waals surface area contributed by atoms with Gasteiger partial charge >= 0.3 is 6.18 Å². The summed E-state index contributed by atoms with van der Waals surface area (Å²) in [6.07, 6.45) is -4.31. The van der Waals surface area contributed by atoms with Crippen LogP contribution in [0, 0.1) is 0 Å². The van der Waals surface area contributed by atoms with Crippen molar-refractivity contribution in [2.24, 2.45) is 4.99 Å². The summed E-state index contributed by atoms with van der Waals surface area (Å²) in [6.45, 7) is 2.15. The van der Waals surface area contributed by atoms with Crippen molar-refractivity contribution in [3.05, 3.63) is 35.4 Å². The third-order valence-corrected chi connectivity index (χ3v) is 2.73. The number of guanidine groups is 1. The zero-order valence-electron chi connectivity index (χ0n) is 13.0. The zero-order chi connectivity index (χ0) is 17.1. The van der Waals surface area contributed by atoms with Crippen LogP contribution in [0.5, 0.6) is 0 Å². The number of nitrogens with one attached hydrogen (secondary N) is 2. The Balaban J connectivity index is 2.48. The number of alkyl halides is 3. The smallest absolute Gasteiger partial charge is 0.395 e. The summed E-state index contributed by atoms with van der Waals surface area (Å²) in [6, 6.07) is 7.03. The number of aliphatic hydroxyl groups is 1. The number of nitrogens with zero attached hydrogens (tertiary/aromatic N) is 1. The number of ether oxygens (including phenoxy) is 1. The lowest BCUT2D eigenvalue weighted by molar-refractivity contribution is -0.176. The molecule has 1 aromatic carbocycles. The average Bonchev–Trinajstić information content (AvgIpc) is 2.50. The quantitative estimate of drug-likeness (QED) is 0.501. The fourth-order valence-electron chi connectivity index (χ4n) is 1.71. The maximum absolute atomic E-state index is 12.0. The van der Waals surface area contributed by atoms with Crippen LogP contribution in [-0.4, -0.2) is 43.5 Å². The molecule has 5 nitrogen and oxygen atoms in total. The van der Waals surface area contributed by atoms with Gasteiger partial charge in [0.05, 0.1) is 19.8 Å². The molecule has 0 bridgehead atoms. The number of halogens is 3. The van der Waals surface area contributed by atoms with Gasteiger partial charge in [0.25, 0.3) is 0 Å². The maximum Gasteiger partial charge on any atom is 0.411 e. The predicted molar refractivity (Wildman–Crippen MR) is 82.1 cm³/mol. The van der Waals surface area contributed by atoms with Gasteiger partial charge in [0, 0.05) is 13.1 Å². The topological polar surface area (TPSA) is 65.9 Å². The van der Waals surface area contributed by atoms with Gasteiger partial charge in [-0.15, -0.1) is 0 Å². The van der Waals surface area contributed by atoms with Crippen molar-refractivity contribution in [3.8, 4) is 0 Å². The molecule has 1 aromatic rings. The Bertz CT molecular complexity index is 476. The van der Waals surface area contributed by atoms with Gasteiger partial charge in [-0.3, -0.25) is 0 Å². The molecule has 0 aliphatic heterocycles. The Morgan fingerprint density at radius 3 is 2.39 bits per heavy atom. The standard InChI is InChI=1S/C15H22F3N3O2/c1-2-19-14(20-7-8-22)21-9-12-3-5-13(6-4-12)10-23-11-15(16,17)18/h3-6,22H,2,7-11H2,1H3,(H2,19,20,21). The molecule has 0 radical (unpaired) electrons. The summed E-state index contributed by atoms with van der Waals surface area (Å²) in [5, 5.41) is 14.8. The number of hydrogen-bond acceptors (Lipinski definition) is 3. The van der Waals surface area contributed by atoms with Gasteiger partial charge in [-0.2, -0.15) is 13.2 Å². The molecular formula is C15H22F3N3O2. The average molecular weight is 333 g/mol. The second kappa shape index (κ2) is 10.1. The van der Waals surface area contributed by atoms with E-state index in [4.69, 9.17) is 5.11 Å². The first kappa shape index (κ1) is 19.2. The van der Waals surface area contributed by atoms with Crippen LogP contribution in [0.2, 0.25) is 0 Å². The highest BCUT2D eigenvalue weighted by Gasteiger charge is 2.27. The first-order valence-electron chi connectivity index (χ1n) is 7.30. The van der Waals surface area contributed by atoms with Gasteiger partial charge in [-0.05, 0) is 18.1 Å². The Morgan fingerprint density at radius 1 is 1.17 bits per heavy atom. The SMILES string of the molecule is CCNC(=NCc1ccc(COCC(F)(F)F)cc1)NCCO. The predicted octanol–water partition coefficient (Wildman–Crippen LogP) is 1.81. The van der Waals surface area contributed by atoms with E-state index in [1.807, 2.05) is 6.92 Å². The van der Waals surface area contributed by atoms with Crippen LogP contribution in [0.3, 0.4) is 0 Å². The Morgan fingerprint density at radius 2 is 1.83 bits per heavy atom. The van der Waals surface area contributed by atoms with Crippen molar-refractivity contribution in [1.82, 2.24) is 10.6 Å². The first-order chi connectivity index (χ1) is 10.9. The van der Waals surface area contributed by atoms with E-state index in [-0.39, 0.29) is 13.2 Å². The van der Waals surface area contributed by atoms with E-state index in [9.17, 15) is 13.2 Å². The van der Waals surface area contributed by atoms with Crippen molar-refractivity contribution in [2.75, 3.05) is 26.3 Å². The van der Waals surface area contributed by atoms with E-state index in [1.165, 1.54) is 0 Å². The molecule has 0 aromatic heterocycles. The highest BCUT2D eigenvalue weighted by atomic mass is 19.4. The molecule has 0 saturated carbocycles. The number of rotatable bonds is 8. The van der Waals surface area contributed by atoms with Crippen LogP contribution in [0.1, 0.15) is 18.1 Å². The van der Waals surface area contributed by atoms with E-state index in [2.05, 4.69) is 20.4 Å². The molecule has 0 atom stereocenters. The van der Waals surface area contributed by atoms with Crippen LogP contribution in [0.4, 0.5) is 13.2 Å². The molecule has 0 unspecified atom stereocenters. The minimum atomic E-state index is -4.31. The molecule has 0 amide bonds. The lowest BCUT2D eigenvalue weighted by Crippen LogP contribution is -2.38. The van der Waals surface area contributed by atoms with Gasteiger partial charge in [-0.25, -0.2) is 4.99 Å². The van der Waals surface area contributed by atoms with Crippen molar-refractivity contribution in [1.29, 1.82) is 0 Å². The van der Waals surface area contributed by atoms with Gasteiger partial charge in [0.15, 0.2) is 5.96 Å². The lowest BCUT2D eigenvalue weighted by atomic mass is 10.1. The molecule has 0 saturated heterocycles. The van der Waals surface area contributed by atoms with Gasteiger partial charge in [0.2, 0.25) is 0 Å². The molecule has 0 heterocycles. The van der Waals surface area contributed by atoms with Crippen molar-refractivity contribution in [3.63, 3.8) is 0 Å². The normalized spacial score (nSPS) is 12.3. The molecule has 0 spiro atoms. The van der Waals surface area contributed by atoms with E-state index >= 15 is 0 Å². The number of hydrogen-bond donors (Lipinski definition) is 3. The summed E-state index contributed by atoms with van der Waals surface area (Å²) in [7, 11) is 0. The van der Waals surface area contributed by atoms with Crippen LogP contribution < -0.4 is 10.6 Å². The van der Waals surface area contributed by atoms with Crippen molar-refractivity contribution < 1.29 is 23.0 Å². The van der Waals surface area contributed by atoms with E-state index in [0.29, 0.717) is 31.2 Å². The third kappa shape index (κ3) is 9.04. The molecule has 0 aliphatic carbocycles. The van der Waals surface area contributed by atoms with Gasteiger partial charge in [-0.1, -0.05) is 24.3 Å². The summed E-state index contributed by atoms with van der Waals surface area (Å²) in [5.41, 5.74) is 1.60. The third-order valence-electron chi connectivity index (χ3n) is 2.73. The van der Waals surface area contributed by atoms with E-state index < -0.39 is 12.8 Å². The first-order valence-corrected chi connectivity index (χ1v) is 7.30. The summed E-state index contributed by atoms with van der Waals surface area (Å²) < 4.78 is 40.5. The van der Waals surface area contributed by atoms with Gasteiger partial charge in [0.1, 0.15) is 6.61 Å². The van der Waals surface area contributed by atoms with Crippen LogP contribution >= 0.6 is 0 Å². The van der Waals surface area contributed by atoms with Crippen molar-refractivity contribution >= 4 is 5.96 Å². The fourth-order valence-corrected chi connectivity index (χ4v) is 1.71. The highest BCUT2D eigenvalue weighted by Crippen LogP contribution is 2.15. The number of aliphatic hydroxyl groups excluding tert-OH is 1. The van der Waals surface area contributed by atoms with E-state index in [1.54, 1.807) is 24.3 Å². The minimum absolute atomic E-state index is 0.0109. The Labute approximate surface area is 133 Å². The minimum Gasteiger partial charge on any atom is -0.395 e. The fraction of sp³-hybridized carbons (Fsp3) is 0.533. The molecule has 130 valence electrons. The van der Waals surface area contributed by atoms with Gasteiger partial charge < -0.3 is 20.5 Å². The van der Waals surface area contributed by atoms with Crippen LogP contribution in [0.15, 0.2) is 29.3 Å². The van der Waals surface area contributed by atoms with Crippen molar-refractivity contribution in [2.45, 2.75) is 26.3 Å². The zero-order valence-corrected chi connectivity index (χ0v) is 13.0. The molecule has 0 aliphatic rings. The summed E-state index contributed by atoms with van der Waals surface area (Å²) in [5.74, 6) is 0.596. The Kier molecular flexibility index (Phi) is 8.42. The highest BCUT2D eigenvalue weighted by molar-refractivity contribution is 5.79. The second-order valence-electron chi connectivity index (χ2n) is 4.77. The molecule has 0 fully saturated rings. The summed E-state index contributed by atoms with van der Waals surface area (Å²) in [4.78, 5) is 4.35. The molecule has 23 heavy (non-hydrogen) atoms. The summed E-state index contributed by atoms with van der Waals surface area (Å²) >= 11 is 0. The second-order valence-corrected chi connectivity index (χ2v) is 4.77. The van der Waals surface area contributed by atoms with E-state index in [0.717, 1.165) is 5.56 Å². The molecular weight excluding hydrogens is 311 g/mol. The number of benzene rings is 1. The van der Waals surface area contributed by atoms with Crippen LogP contribution in [0.25, 0.3) is 0 Å². The Hall–Kier alpha value is -1.80. The molecule has 1 rings (SSSR count). The van der Waals surface area contributed by atoms with Crippen LogP contribution in [-0.2, 0) is 17.9 Å². The monoisotopic (exact) mass is 333 g/mol. The molecule has 3 N–H and O–H groups in total. The lowest BCUT2D eigenvalue weighted by Gasteiger charge is -2.10. The largest absolute Gasteiger partial charge is 0.411 e. The molecule has 8 heteroatoms. The maximum atomic E-state index is 12.0. The number of aliphatic imine (C=N–C) groups is 1.